The summed E-state index contributed by atoms with van der Waals surface area (Å²) in [5, 5.41) is 0. The number of hydrogen-bond donors (Lipinski definition) is 1. The van der Waals surface area contributed by atoms with E-state index in [2.05, 4.69) is 13.5 Å². The second kappa shape index (κ2) is 9.58. The molecule has 2 aliphatic rings. The van der Waals surface area contributed by atoms with Gasteiger partial charge in [0.2, 0.25) is 5.91 Å². The summed E-state index contributed by atoms with van der Waals surface area (Å²) in [6.45, 7) is 10.2. The summed E-state index contributed by atoms with van der Waals surface area (Å²) in [5.74, 6) is 1.86. The Bertz CT molecular complexity index is 685. The molecule has 4 nitrogen and oxygen atoms in total. The number of carbonyl (C=O) groups is 1. The molecule has 28 heavy (non-hydrogen) atoms. The molecule has 1 atom stereocenters. The lowest BCUT2D eigenvalue weighted by molar-refractivity contribution is -0.130. The number of aromatic nitrogens is 1. The lowest BCUT2D eigenvalue weighted by Gasteiger charge is -2.32. The van der Waals surface area contributed by atoms with Crippen LogP contribution in [-0.2, 0) is 4.79 Å². The number of nitrogens with two attached hydrogens (primary N) is 1. The fourth-order valence-electron chi connectivity index (χ4n) is 5.07. The maximum Gasteiger partial charge on any atom is 0.219 e. The van der Waals surface area contributed by atoms with E-state index in [1.807, 2.05) is 17.2 Å². The van der Waals surface area contributed by atoms with Crippen molar-refractivity contribution in [2.45, 2.75) is 77.6 Å². The molecule has 0 aromatic carbocycles. The topological polar surface area (TPSA) is 59.2 Å². The summed E-state index contributed by atoms with van der Waals surface area (Å²) in [5.41, 5.74) is 10.8. The summed E-state index contributed by atoms with van der Waals surface area (Å²) in [6.07, 6.45) is 12.8. The Balaban J connectivity index is 1.64. The van der Waals surface area contributed by atoms with E-state index in [1.165, 1.54) is 49.7 Å². The van der Waals surface area contributed by atoms with Crippen LogP contribution in [0.3, 0.4) is 0 Å². The molecule has 1 saturated carbocycles. The molecule has 1 aromatic rings. The predicted octanol–water partition coefficient (Wildman–Crippen LogP) is 5.40. The van der Waals surface area contributed by atoms with Crippen molar-refractivity contribution >= 4 is 17.2 Å². The van der Waals surface area contributed by atoms with Crippen LogP contribution in [0.2, 0.25) is 0 Å². The molecule has 0 spiro atoms. The highest BCUT2D eigenvalue weighted by Gasteiger charge is 2.25. The third-order valence-electron chi connectivity index (χ3n) is 6.99. The Hall–Kier alpha value is -1.84. The second-order valence-corrected chi connectivity index (χ2v) is 8.95. The molecule has 0 radical (unpaired) electrons. The standard InChI is InChI=1S/C24H37N3O/c1-17(9-10-20-12-15-27(16-13-20)19(3)28)23-22(25)11-14-26-24(23)18(2)21-7-5-4-6-8-21/h11,14,17,20-21H,2,4-10,12-13,15-16H2,1,3H3,(H2,25,26). The molecule has 0 bridgehead atoms. The van der Waals surface area contributed by atoms with Crippen LogP contribution < -0.4 is 5.73 Å². The van der Waals surface area contributed by atoms with Crippen molar-refractivity contribution in [2.24, 2.45) is 11.8 Å². The van der Waals surface area contributed by atoms with Crippen LogP contribution in [0.1, 0.15) is 88.8 Å². The maximum absolute atomic E-state index is 11.5. The van der Waals surface area contributed by atoms with E-state index < -0.39 is 0 Å². The summed E-state index contributed by atoms with van der Waals surface area (Å²) in [6, 6.07) is 1.94. The number of piperidine rings is 1. The van der Waals surface area contributed by atoms with Gasteiger partial charge in [0, 0.05) is 37.5 Å². The first-order chi connectivity index (χ1) is 13.5. The van der Waals surface area contributed by atoms with Crippen molar-refractivity contribution in [3.8, 4) is 0 Å². The van der Waals surface area contributed by atoms with Crippen LogP contribution in [0.4, 0.5) is 5.69 Å². The molecule has 2 heterocycles. The average Bonchev–Trinajstić information content (AvgIpc) is 2.72. The van der Waals surface area contributed by atoms with Gasteiger partial charge < -0.3 is 10.6 Å². The van der Waals surface area contributed by atoms with Crippen LogP contribution in [0.25, 0.3) is 5.57 Å². The lowest BCUT2D eigenvalue weighted by atomic mass is 9.79. The number of hydrogen-bond acceptors (Lipinski definition) is 3. The molecule has 1 aliphatic carbocycles. The van der Waals surface area contributed by atoms with E-state index >= 15 is 0 Å². The monoisotopic (exact) mass is 383 g/mol. The number of rotatable bonds is 6. The van der Waals surface area contributed by atoms with Gasteiger partial charge in [-0.15, -0.1) is 0 Å². The minimum absolute atomic E-state index is 0.209. The van der Waals surface area contributed by atoms with E-state index in [9.17, 15) is 4.79 Å². The molecule has 2 fully saturated rings. The Kier molecular flexibility index (Phi) is 7.14. The molecule has 1 amide bonds. The smallest absolute Gasteiger partial charge is 0.219 e. The molecular weight excluding hydrogens is 346 g/mol. The first-order valence-corrected chi connectivity index (χ1v) is 11.2. The van der Waals surface area contributed by atoms with Gasteiger partial charge in [-0.3, -0.25) is 9.78 Å². The number of amides is 1. The zero-order chi connectivity index (χ0) is 20.1. The van der Waals surface area contributed by atoms with E-state index in [1.54, 1.807) is 6.92 Å². The number of pyridine rings is 1. The molecule has 1 aromatic heterocycles. The highest BCUT2D eigenvalue weighted by molar-refractivity contribution is 5.73. The predicted molar refractivity (Wildman–Crippen MR) is 117 cm³/mol. The molecule has 1 saturated heterocycles. The Morgan fingerprint density at radius 1 is 1.25 bits per heavy atom. The first-order valence-electron chi connectivity index (χ1n) is 11.2. The molecule has 4 heteroatoms. The highest BCUT2D eigenvalue weighted by Crippen LogP contribution is 2.39. The minimum Gasteiger partial charge on any atom is -0.398 e. The number of nitrogen functional groups attached to an aromatic ring is 1. The van der Waals surface area contributed by atoms with Gasteiger partial charge in [0.15, 0.2) is 0 Å². The minimum atomic E-state index is 0.209. The van der Waals surface area contributed by atoms with E-state index in [0.29, 0.717) is 17.8 Å². The molecule has 1 aliphatic heterocycles. The van der Waals surface area contributed by atoms with Gasteiger partial charge in [-0.25, -0.2) is 0 Å². The Morgan fingerprint density at radius 2 is 1.93 bits per heavy atom. The van der Waals surface area contributed by atoms with Gasteiger partial charge in [0.05, 0.1) is 5.69 Å². The quantitative estimate of drug-likeness (QED) is 0.715. The van der Waals surface area contributed by atoms with E-state index in [-0.39, 0.29) is 5.91 Å². The summed E-state index contributed by atoms with van der Waals surface area (Å²) < 4.78 is 0. The molecule has 3 rings (SSSR count). The van der Waals surface area contributed by atoms with Crippen LogP contribution in [0, 0.1) is 11.8 Å². The number of likely N-dealkylation sites (tertiary alicyclic amines) is 1. The normalized spacial score (nSPS) is 20.1. The van der Waals surface area contributed by atoms with Gasteiger partial charge in [-0.1, -0.05) is 32.8 Å². The number of carbonyl (C=O) groups excluding carboxylic acids is 1. The van der Waals surface area contributed by atoms with Crippen LogP contribution >= 0.6 is 0 Å². The maximum atomic E-state index is 11.5. The van der Waals surface area contributed by atoms with Gasteiger partial charge in [0.1, 0.15) is 0 Å². The average molecular weight is 384 g/mol. The van der Waals surface area contributed by atoms with Crippen LogP contribution in [-0.4, -0.2) is 28.9 Å². The number of allylic oxidation sites excluding steroid dienone is 1. The van der Waals surface area contributed by atoms with Crippen LogP contribution in [0.5, 0.6) is 0 Å². The van der Waals surface area contributed by atoms with Crippen molar-refractivity contribution in [1.82, 2.24) is 9.88 Å². The Labute approximate surface area is 170 Å². The highest BCUT2D eigenvalue weighted by atomic mass is 16.2. The van der Waals surface area contributed by atoms with Crippen molar-refractivity contribution in [2.75, 3.05) is 18.8 Å². The van der Waals surface area contributed by atoms with Crippen molar-refractivity contribution in [3.05, 3.63) is 30.1 Å². The summed E-state index contributed by atoms with van der Waals surface area (Å²) >= 11 is 0. The van der Waals surface area contributed by atoms with Gasteiger partial charge in [-0.05, 0) is 67.9 Å². The van der Waals surface area contributed by atoms with Crippen molar-refractivity contribution in [3.63, 3.8) is 0 Å². The summed E-state index contributed by atoms with van der Waals surface area (Å²) in [7, 11) is 0. The Morgan fingerprint density at radius 3 is 2.57 bits per heavy atom. The fourth-order valence-corrected chi connectivity index (χ4v) is 5.07. The van der Waals surface area contributed by atoms with Crippen molar-refractivity contribution < 1.29 is 4.79 Å². The zero-order valence-electron chi connectivity index (χ0n) is 17.8. The third-order valence-corrected chi connectivity index (χ3v) is 6.99. The molecule has 1 unspecified atom stereocenters. The van der Waals surface area contributed by atoms with E-state index in [0.717, 1.165) is 43.7 Å². The number of anilines is 1. The van der Waals surface area contributed by atoms with Crippen LogP contribution in [0.15, 0.2) is 18.8 Å². The van der Waals surface area contributed by atoms with Gasteiger partial charge in [-0.2, -0.15) is 0 Å². The van der Waals surface area contributed by atoms with Crippen molar-refractivity contribution in [1.29, 1.82) is 0 Å². The third kappa shape index (κ3) is 4.95. The van der Waals surface area contributed by atoms with Gasteiger partial charge >= 0.3 is 0 Å². The zero-order valence-corrected chi connectivity index (χ0v) is 17.8. The lowest BCUT2D eigenvalue weighted by Crippen LogP contribution is -2.37. The molecule has 154 valence electrons. The molecule has 2 N–H and O–H groups in total. The van der Waals surface area contributed by atoms with Gasteiger partial charge in [0.25, 0.3) is 0 Å². The largest absolute Gasteiger partial charge is 0.398 e. The SMILES string of the molecule is C=C(c1nccc(N)c1C(C)CCC1CCN(C(C)=O)CC1)C1CCCCC1. The summed E-state index contributed by atoms with van der Waals surface area (Å²) in [4.78, 5) is 18.2. The molecular formula is C24H37N3O. The van der Waals surface area contributed by atoms with E-state index in [4.69, 9.17) is 10.7 Å². The second-order valence-electron chi connectivity index (χ2n) is 8.95. The first kappa shape index (κ1) is 20.9. The number of nitrogens with zero attached hydrogens (tertiary/aromatic N) is 2. The fraction of sp³-hybridized carbons (Fsp3) is 0.667.